The number of rotatable bonds is 8. The van der Waals surface area contributed by atoms with E-state index in [4.69, 9.17) is 0 Å². The molecule has 1 aromatic rings. The van der Waals surface area contributed by atoms with Crippen molar-refractivity contribution in [2.75, 3.05) is 26.2 Å². The van der Waals surface area contributed by atoms with Gasteiger partial charge in [0.25, 0.3) is 0 Å². The molecule has 0 radical (unpaired) electrons. The van der Waals surface area contributed by atoms with Crippen molar-refractivity contribution in [3.8, 4) is 0 Å². The van der Waals surface area contributed by atoms with Crippen LogP contribution in [0.3, 0.4) is 0 Å². The van der Waals surface area contributed by atoms with Crippen LogP contribution in [0.5, 0.6) is 0 Å². The molecule has 2 amide bonds. The highest BCUT2D eigenvalue weighted by Gasteiger charge is 2.15. The van der Waals surface area contributed by atoms with E-state index in [1.165, 1.54) is 11.1 Å². The molecule has 1 aliphatic rings. The monoisotopic (exact) mass is 333 g/mol. The third-order valence-electron chi connectivity index (χ3n) is 4.92. The molecule has 0 aliphatic carbocycles. The van der Waals surface area contributed by atoms with Gasteiger partial charge in [-0.2, -0.15) is 0 Å². The van der Waals surface area contributed by atoms with Crippen molar-refractivity contribution >= 4 is 6.03 Å². The first-order valence-corrected chi connectivity index (χ1v) is 9.09. The molecule has 5 nitrogen and oxygen atoms in total. The van der Waals surface area contributed by atoms with Gasteiger partial charge in [0, 0.05) is 32.7 Å². The Hall–Kier alpha value is -1.59. The van der Waals surface area contributed by atoms with Crippen LogP contribution in [0.1, 0.15) is 37.8 Å². The van der Waals surface area contributed by atoms with E-state index in [0.717, 1.165) is 38.9 Å². The third kappa shape index (κ3) is 5.80. The predicted octanol–water partition coefficient (Wildman–Crippen LogP) is 2.14. The van der Waals surface area contributed by atoms with Crippen LogP contribution < -0.4 is 10.6 Å². The van der Waals surface area contributed by atoms with E-state index in [-0.39, 0.29) is 11.9 Å². The maximum Gasteiger partial charge on any atom is 0.314 e. The zero-order valence-corrected chi connectivity index (χ0v) is 14.9. The Bertz CT molecular complexity index is 521. The number of hydrogen-bond acceptors (Lipinski definition) is 3. The van der Waals surface area contributed by atoms with Gasteiger partial charge in [-0.15, -0.1) is 0 Å². The summed E-state index contributed by atoms with van der Waals surface area (Å²) in [7, 11) is 0. The number of benzene rings is 1. The van der Waals surface area contributed by atoms with Crippen molar-refractivity contribution in [2.24, 2.45) is 5.92 Å². The summed E-state index contributed by atoms with van der Waals surface area (Å²) >= 11 is 0. The fourth-order valence-corrected chi connectivity index (χ4v) is 2.98. The fraction of sp³-hybridized carbons (Fsp3) is 0.632. The molecule has 134 valence electrons. The summed E-state index contributed by atoms with van der Waals surface area (Å²) in [6, 6.07) is 8.43. The van der Waals surface area contributed by atoms with E-state index >= 15 is 0 Å². The van der Waals surface area contributed by atoms with Crippen LogP contribution in [0.4, 0.5) is 4.79 Å². The van der Waals surface area contributed by atoms with Crippen molar-refractivity contribution in [3.63, 3.8) is 0 Å². The summed E-state index contributed by atoms with van der Waals surface area (Å²) in [5.74, 6) is 0.201. The minimum Gasteiger partial charge on any atom is -0.391 e. The quantitative estimate of drug-likeness (QED) is 0.639. The fourth-order valence-electron chi connectivity index (χ4n) is 2.98. The zero-order chi connectivity index (χ0) is 17.4. The third-order valence-corrected chi connectivity index (χ3v) is 4.92. The second kappa shape index (κ2) is 9.64. The molecule has 1 aromatic carbocycles. The van der Waals surface area contributed by atoms with E-state index in [9.17, 15) is 9.90 Å². The van der Waals surface area contributed by atoms with Gasteiger partial charge in [0.15, 0.2) is 0 Å². The number of aliphatic hydroxyl groups is 1. The average molecular weight is 333 g/mol. The minimum atomic E-state index is -0.478. The largest absolute Gasteiger partial charge is 0.391 e. The molecule has 1 aliphatic heterocycles. The molecule has 2 rings (SSSR count). The highest BCUT2D eigenvalue weighted by Crippen LogP contribution is 2.18. The van der Waals surface area contributed by atoms with Crippen LogP contribution in [0.15, 0.2) is 24.3 Å². The van der Waals surface area contributed by atoms with Gasteiger partial charge in [0.2, 0.25) is 0 Å². The number of hydrogen-bond donors (Lipinski definition) is 3. The molecule has 5 heteroatoms. The molecule has 0 saturated carbocycles. The van der Waals surface area contributed by atoms with Crippen molar-refractivity contribution in [3.05, 3.63) is 35.4 Å². The Morgan fingerprint density at radius 3 is 2.79 bits per heavy atom. The normalized spacial score (nSPS) is 17.0. The molecular weight excluding hydrogens is 302 g/mol. The van der Waals surface area contributed by atoms with E-state index in [0.29, 0.717) is 13.1 Å². The van der Waals surface area contributed by atoms with Gasteiger partial charge in [-0.3, -0.25) is 4.90 Å². The second-order valence-electron chi connectivity index (χ2n) is 6.74. The number of nitrogens with one attached hydrogen (secondary N) is 2. The molecule has 2 unspecified atom stereocenters. The van der Waals surface area contributed by atoms with Crippen LogP contribution in [0.2, 0.25) is 0 Å². The zero-order valence-electron chi connectivity index (χ0n) is 14.9. The molecule has 2 atom stereocenters. The van der Waals surface area contributed by atoms with Crippen molar-refractivity contribution in [2.45, 2.75) is 45.8 Å². The highest BCUT2D eigenvalue weighted by atomic mass is 16.3. The standard InChI is InChI=1S/C19H31N3O2/c1-3-15(2)18(23)13-21-19(24)20-10-6-11-22-12-9-16-7-4-5-8-17(16)14-22/h4-5,7-8,15,18,23H,3,6,9-14H2,1-2H3,(H2,20,21,24). The summed E-state index contributed by atoms with van der Waals surface area (Å²) in [5, 5.41) is 15.4. The number of aliphatic hydroxyl groups excluding tert-OH is 1. The number of amides is 2. The second-order valence-corrected chi connectivity index (χ2v) is 6.74. The van der Waals surface area contributed by atoms with Crippen LogP contribution in [0, 0.1) is 5.92 Å². The minimum absolute atomic E-state index is 0.193. The van der Waals surface area contributed by atoms with Crippen molar-refractivity contribution in [1.29, 1.82) is 0 Å². The van der Waals surface area contributed by atoms with E-state index in [2.05, 4.69) is 39.8 Å². The summed E-state index contributed by atoms with van der Waals surface area (Å²) in [6.45, 7) is 8.07. The number of nitrogens with zero attached hydrogens (tertiary/aromatic N) is 1. The lowest BCUT2D eigenvalue weighted by Crippen LogP contribution is -2.42. The summed E-state index contributed by atoms with van der Waals surface area (Å²) in [6.07, 6.45) is 2.47. The van der Waals surface area contributed by atoms with Gasteiger partial charge < -0.3 is 15.7 Å². The van der Waals surface area contributed by atoms with Gasteiger partial charge >= 0.3 is 6.03 Å². The lowest BCUT2D eigenvalue weighted by molar-refractivity contribution is 0.114. The number of carbonyl (C=O) groups is 1. The molecule has 24 heavy (non-hydrogen) atoms. The summed E-state index contributed by atoms with van der Waals surface area (Å²) in [5.41, 5.74) is 2.89. The Morgan fingerprint density at radius 1 is 1.29 bits per heavy atom. The average Bonchev–Trinajstić information content (AvgIpc) is 2.62. The molecular formula is C19H31N3O2. The van der Waals surface area contributed by atoms with E-state index < -0.39 is 6.10 Å². The molecule has 0 saturated heterocycles. The predicted molar refractivity (Wildman–Crippen MR) is 96.9 cm³/mol. The van der Waals surface area contributed by atoms with E-state index in [1.54, 1.807) is 0 Å². The number of carbonyl (C=O) groups excluding carboxylic acids is 1. The first kappa shape index (κ1) is 18.7. The smallest absolute Gasteiger partial charge is 0.314 e. The first-order chi connectivity index (χ1) is 11.6. The van der Waals surface area contributed by atoms with E-state index in [1.807, 2.05) is 13.8 Å². The summed E-state index contributed by atoms with van der Waals surface area (Å²) < 4.78 is 0. The Kier molecular flexibility index (Phi) is 7.53. The van der Waals surface area contributed by atoms with Crippen LogP contribution in [0.25, 0.3) is 0 Å². The number of urea groups is 1. The first-order valence-electron chi connectivity index (χ1n) is 9.09. The topological polar surface area (TPSA) is 64.6 Å². The van der Waals surface area contributed by atoms with Gasteiger partial charge in [-0.05, 0) is 29.9 Å². The van der Waals surface area contributed by atoms with Gasteiger partial charge in [-0.25, -0.2) is 4.79 Å². The van der Waals surface area contributed by atoms with Crippen LogP contribution >= 0.6 is 0 Å². The Labute approximate surface area is 145 Å². The van der Waals surface area contributed by atoms with Crippen molar-refractivity contribution < 1.29 is 9.90 Å². The van der Waals surface area contributed by atoms with Gasteiger partial charge in [0.05, 0.1) is 6.10 Å². The molecule has 0 spiro atoms. The lowest BCUT2D eigenvalue weighted by Gasteiger charge is -2.28. The number of fused-ring (bicyclic) bond motifs is 1. The van der Waals surface area contributed by atoms with Crippen LogP contribution in [-0.2, 0) is 13.0 Å². The Balaban J connectivity index is 1.58. The van der Waals surface area contributed by atoms with Crippen LogP contribution in [-0.4, -0.2) is 48.3 Å². The van der Waals surface area contributed by atoms with Gasteiger partial charge in [0.1, 0.15) is 0 Å². The van der Waals surface area contributed by atoms with Gasteiger partial charge in [-0.1, -0.05) is 44.5 Å². The molecule has 0 fully saturated rings. The highest BCUT2D eigenvalue weighted by molar-refractivity contribution is 5.73. The maximum atomic E-state index is 11.7. The molecule has 1 heterocycles. The summed E-state index contributed by atoms with van der Waals surface area (Å²) in [4.78, 5) is 14.2. The maximum absolute atomic E-state index is 11.7. The lowest BCUT2D eigenvalue weighted by atomic mass is 10.00. The molecule has 0 aromatic heterocycles. The SMILES string of the molecule is CCC(C)C(O)CNC(=O)NCCCN1CCc2ccccc2C1. The Morgan fingerprint density at radius 2 is 2.04 bits per heavy atom. The molecule has 3 N–H and O–H groups in total. The van der Waals surface area contributed by atoms with Crippen molar-refractivity contribution in [1.82, 2.24) is 15.5 Å². The molecule has 0 bridgehead atoms.